The van der Waals surface area contributed by atoms with Gasteiger partial charge in [0.2, 0.25) is 0 Å². The van der Waals surface area contributed by atoms with Crippen molar-refractivity contribution in [3.63, 3.8) is 0 Å². The first-order valence-corrected chi connectivity index (χ1v) is 7.48. The maximum atomic E-state index is 5.38. The largest absolute Gasteiger partial charge is 0.383 e. The first-order valence-electron chi connectivity index (χ1n) is 7.48. The average Bonchev–Trinajstić information content (AvgIpc) is 3.13. The van der Waals surface area contributed by atoms with E-state index in [4.69, 9.17) is 4.74 Å². The van der Waals surface area contributed by atoms with E-state index >= 15 is 0 Å². The van der Waals surface area contributed by atoms with Crippen LogP contribution in [0, 0.1) is 11.8 Å². The van der Waals surface area contributed by atoms with E-state index in [1.165, 1.54) is 12.8 Å². The summed E-state index contributed by atoms with van der Waals surface area (Å²) >= 11 is 0. The van der Waals surface area contributed by atoms with Gasteiger partial charge in [-0.3, -0.25) is 4.90 Å². The third kappa shape index (κ3) is 2.73. The van der Waals surface area contributed by atoms with Gasteiger partial charge in [0, 0.05) is 37.8 Å². The predicted octanol–water partition coefficient (Wildman–Crippen LogP) is 2.12. The summed E-state index contributed by atoms with van der Waals surface area (Å²) in [6.45, 7) is 12.5. The molecule has 3 nitrogen and oxygen atoms in total. The Hall–Kier alpha value is -0.120. The van der Waals surface area contributed by atoms with Crippen LogP contribution in [0.25, 0.3) is 0 Å². The summed E-state index contributed by atoms with van der Waals surface area (Å²) < 4.78 is 5.38. The third-order valence-corrected chi connectivity index (χ3v) is 4.97. The molecule has 2 fully saturated rings. The monoisotopic (exact) mass is 254 g/mol. The summed E-state index contributed by atoms with van der Waals surface area (Å²) in [6, 6.07) is 1.14. The summed E-state index contributed by atoms with van der Waals surface area (Å²) in [5.41, 5.74) is 0.337. The van der Waals surface area contributed by atoms with Crippen LogP contribution in [-0.2, 0) is 4.74 Å². The van der Waals surface area contributed by atoms with Gasteiger partial charge < -0.3 is 10.1 Å². The zero-order valence-corrected chi connectivity index (χ0v) is 12.7. The molecule has 106 valence electrons. The van der Waals surface area contributed by atoms with Crippen LogP contribution >= 0.6 is 0 Å². The quantitative estimate of drug-likeness (QED) is 0.813. The highest BCUT2D eigenvalue weighted by Gasteiger charge is 2.49. The van der Waals surface area contributed by atoms with E-state index in [1.807, 2.05) is 7.11 Å². The fourth-order valence-electron chi connectivity index (χ4n) is 3.47. The molecule has 0 aromatic rings. The lowest BCUT2D eigenvalue weighted by molar-refractivity contribution is -0.0273. The van der Waals surface area contributed by atoms with Gasteiger partial charge in [-0.2, -0.15) is 0 Å². The Morgan fingerprint density at radius 1 is 1.33 bits per heavy atom. The molecule has 1 saturated heterocycles. The molecule has 1 heterocycles. The molecule has 18 heavy (non-hydrogen) atoms. The summed E-state index contributed by atoms with van der Waals surface area (Å²) in [5.74, 6) is 1.59. The molecule has 1 saturated carbocycles. The molecule has 3 heteroatoms. The normalized spacial score (nSPS) is 36.0. The fourth-order valence-corrected chi connectivity index (χ4v) is 3.47. The van der Waals surface area contributed by atoms with Crippen molar-refractivity contribution in [2.45, 2.75) is 58.2 Å². The number of nitrogens with zero attached hydrogens (tertiary/aromatic N) is 1. The molecular formula is C15H30N2O. The van der Waals surface area contributed by atoms with Gasteiger partial charge in [0.1, 0.15) is 0 Å². The average molecular weight is 254 g/mol. The molecule has 0 radical (unpaired) electrons. The molecule has 0 spiro atoms. The van der Waals surface area contributed by atoms with Crippen LogP contribution < -0.4 is 5.32 Å². The van der Waals surface area contributed by atoms with Gasteiger partial charge in [-0.25, -0.2) is 0 Å². The minimum absolute atomic E-state index is 0.337. The number of nitrogens with one attached hydrogen (secondary N) is 1. The standard InChI is InChI=1S/C15H30N2O/c1-11(2)14-8-17(12(3)9-18-5)15(4,10-16-14)13-6-7-13/h11-14,16H,6-10H2,1-5H3. The predicted molar refractivity (Wildman–Crippen MR) is 75.8 cm³/mol. The van der Waals surface area contributed by atoms with Crippen LogP contribution in [0.15, 0.2) is 0 Å². The van der Waals surface area contributed by atoms with Gasteiger partial charge in [0.15, 0.2) is 0 Å². The number of hydrogen-bond donors (Lipinski definition) is 1. The number of methoxy groups -OCH3 is 1. The number of rotatable bonds is 5. The second-order valence-electron chi connectivity index (χ2n) is 6.82. The van der Waals surface area contributed by atoms with E-state index in [0.29, 0.717) is 23.5 Å². The zero-order valence-electron chi connectivity index (χ0n) is 12.7. The molecule has 0 aromatic heterocycles. The summed E-state index contributed by atoms with van der Waals surface area (Å²) in [6.07, 6.45) is 2.81. The Kier molecular flexibility index (Phi) is 4.35. The maximum Gasteiger partial charge on any atom is 0.0615 e. The Balaban J connectivity index is 2.10. The first-order chi connectivity index (χ1) is 8.49. The first kappa shape index (κ1) is 14.3. The molecule has 1 aliphatic carbocycles. The summed E-state index contributed by atoms with van der Waals surface area (Å²) in [5, 5.41) is 3.77. The Morgan fingerprint density at radius 2 is 2.00 bits per heavy atom. The molecule has 1 N–H and O–H groups in total. The molecule has 0 aromatic carbocycles. The smallest absolute Gasteiger partial charge is 0.0615 e. The highest BCUT2D eigenvalue weighted by molar-refractivity contribution is 5.06. The van der Waals surface area contributed by atoms with Crippen molar-refractivity contribution < 1.29 is 4.74 Å². The zero-order chi connectivity index (χ0) is 13.3. The van der Waals surface area contributed by atoms with E-state index in [2.05, 4.69) is 37.9 Å². The Morgan fingerprint density at radius 3 is 2.50 bits per heavy atom. The van der Waals surface area contributed by atoms with Gasteiger partial charge in [-0.1, -0.05) is 13.8 Å². The molecule has 2 aliphatic rings. The maximum absolute atomic E-state index is 5.38. The van der Waals surface area contributed by atoms with Crippen molar-refractivity contribution in [2.24, 2.45) is 11.8 Å². The van der Waals surface area contributed by atoms with Crippen molar-refractivity contribution in [3.8, 4) is 0 Å². The van der Waals surface area contributed by atoms with Crippen LogP contribution in [0.3, 0.4) is 0 Å². The van der Waals surface area contributed by atoms with E-state index in [0.717, 1.165) is 25.6 Å². The highest BCUT2D eigenvalue weighted by Crippen LogP contribution is 2.45. The van der Waals surface area contributed by atoms with E-state index in [-0.39, 0.29) is 0 Å². The molecule has 0 amide bonds. The highest BCUT2D eigenvalue weighted by atomic mass is 16.5. The van der Waals surface area contributed by atoms with Crippen molar-refractivity contribution >= 4 is 0 Å². The number of ether oxygens (including phenoxy) is 1. The minimum atomic E-state index is 0.337. The number of piperazine rings is 1. The molecule has 2 rings (SSSR count). The molecule has 3 atom stereocenters. The van der Waals surface area contributed by atoms with E-state index in [1.54, 1.807) is 0 Å². The van der Waals surface area contributed by atoms with Gasteiger partial charge in [-0.05, 0) is 38.5 Å². The van der Waals surface area contributed by atoms with Gasteiger partial charge in [-0.15, -0.1) is 0 Å². The molecule has 1 aliphatic heterocycles. The fraction of sp³-hybridized carbons (Fsp3) is 1.00. The lowest BCUT2D eigenvalue weighted by Crippen LogP contribution is -2.68. The van der Waals surface area contributed by atoms with Crippen LogP contribution in [0.2, 0.25) is 0 Å². The van der Waals surface area contributed by atoms with Gasteiger partial charge in [0.25, 0.3) is 0 Å². The van der Waals surface area contributed by atoms with Crippen molar-refractivity contribution in [2.75, 3.05) is 26.8 Å². The lowest BCUT2D eigenvalue weighted by atomic mass is 9.86. The van der Waals surface area contributed by atoms with Crippen molar-refractivity contribution in [3.05, 3.63) is 0 Å². The van der Waals surface area contributed by atoms with Crippen molar-refractivity contribution in [1.82, 2.24) is 10.2 Å². The van der Waals surface area contributed by atoms with Crippen molar-refractivity contribution in [1.29, 1.82) is 0 Å². The van der Waals surface area contributed by atoms with E-state index < -0.39 is 0 Å². The minimum Gasteiger partial charge on any atom is -0.383 e. The number of hydrogen-bond acceptors (Lipinski definition) is 3. The second-order valence-corrected chi connectivity index (χ2v) is 6.82. The van der Waals surface area contributed by atoms with Gasteiger partial charge >= 0.3 is 0 Å². The second kappa shape index (κ2) is 5.48. The van der Waals surface area contributed by atoms with Crippen LogP contribution in [0.1, 0.15) is 40.5 Å². The Labute approximate surface area is 112 Å². The summed E-state index contributed by atoms with van der Waals surface area (Å²) in [7, 11) is 1.81. The summed E-state index contributed by atoms with van der Waals surface area (Å²) in [4.78, 5) is 2.72. The Bertz CT molecular complexity index is 278. The van der Waals surface area contributed by atoms with Gasteiger partial charge in [0.05, 0.1) is 6.61 Å². The SMILES string of the molecule is COCC(C)N1CC(C(C)C)NCC1(C)C1CC1. The molecule has 3 unspecified atom stereocenters. The third-order valence-electron chi connectivity index (χ3n) is 4.97. The topological polar surface area (TPSA) is 24.5 Å². The lowest BCUT2D eigenvalue weighted by Gasteiger charge is -2.52. The molecule has 0 bridgehead atoms. The van der Waals surface area contributed by atoms with Crippen LogP contribution in [-0.4, -0.2) is 49.3 Å². The van der Waals surface area contributed by atoms with Crippen LogP contribution in [0.5, 0.6) is 0 Å². The van der Waals surface area contributed by atoms with E-state index in [9.17, 15) is 0 Å². The van der Waals surface area contributed by atoms with Crippen LogP contribution in [0.4, 0.5) is 0 Å². The molecular weight excluding hydrogens is 224 g/mol.